The molecule has 16 heavy (non-hydrogen) atoms. The molecule has 0 aliphatic carbocycles. The third-order valence-electron chi connectivity index (χ3n) is 2.36. The van der Waals surface area contributed by atoms with E-state index in [0.717, 1.165) is 29.0 Å². The predicted molar refractivity (Wildman–Crippen MR) is 64.6 cm³/mol. The number of nitrogens with zero attached hydrogens (tertiary/aromatic N) is 1. The number of ether oxygens (including phenoxy) is 1. The molecule has 86 valence electrons. The molecule has 0 amide bonds. The van der Waals surface area contributed by atoms with Crippen molar-refractivity contribution < 1.29 is 4.74 Å². The molecule has 0 unspecified atom stereocenters. The minimum Gasteiger partial charge on any atom is -0.497 e. The molecular formula is C12H17N3O. The van der Waals surface area contributed by atoms with Crippen molar-refractivity contribution in [3.63, 3.8) is 0 Å². The van der Waals surface area contributed by atoms with E-state index in [4.69, 9.17) is 10.5 Å². The lowest BCUT2D eigenvalue weighted by Gasteiger charge is -2.15. The average molecular weight is 219 g/mol. The Balaban J connectivity index is 2.36. The zero-order valence-corrected chi connectivity index (χ0v) is 9.87. The molecule has 3 N–H and O–H groups in total. The van der Waals surface area contributed by atoms with Gasteiger partial charge in [-0.2, -0.15) is 0 Å². The fourth-order valence-corrected chi connectivity index (χ4v) is 1.68. The summed E-state index contributed by atoms with van der Waals surface area (Å²) in [6, 6.07) is 5.79. The summed E-state index contributed by atoms with van der Waals surface area (Å²) in [7, 11) is 1.65. The summed E-state index contributed by atoms with van der Waals surface area (Å²) in [6.07, 6.45) is 0.726. The van der Waals surface area contributed by atoms with Gasteiger partial charge >= 0.3 is 0 Å². The number of hydrogen-bond donors (Lipinski definition) is 2. The fourth-order valence-electron chi connectivity index (χ4n) is 1.68. The highest BCUT2D eigenvalue weighted by molar-refractivity contribution is 5.76. The van der Waals surface area contributed by atoms with Gasteiger partial charge in [0, 0.05) is 18.0 Å². The van der Waals surface area contributed by atoms with Crippen LogP contribution >= 0.6 is 0 Å². The molecule has 4 nitrogen and oxygen atoms in total. The topological polar surface area (TPSA) is 63.9 Å². The molecule has 0 spiro atoms. The summed E-state index contributed by atoms with van der Waals surface area (Å²) in [6.45, 7) is 3.97. The minimum atomic E-state index is -0.252. The van der Waals surface area contributed by atoms with E-state index in [1.165, 1.54) is 0 Å². The number of H-pyrrole nitrogens is 1. The van der Waals surface area contributed by atoms with Gasteiger partial charge < -0.3 is 15.5 Å². The Morgan fingerprint density at radius 2 is 2.19 bits per heavy atom. The van der Waals surface area contributed by atoms with Crippen LogP contribution in [0.25, 0.3) is 11.0 Å². The van der Waals surface area contributed by atoms with Gasteiger partial charge in [-0.25, -0.2) is 4.98 Å². The Morgan fingerprint density at radius 3 is 2.81 bits per heavy atom. The molecule has 1 aromatic carbocycles. The van der Waals surface area contributed by atoms with Crippen molar-refractivity contribution in [1.29, 1.82) is 0 Å². The van der Waals surface area contributed by atoms with Gasteiger partial charge in [0.15, 0.2) is 0 Å². The van der Waals surface area contributed by atoms with Crippen LogP contribution < -0.4 is 10.5 Å². The normalized spacial score (nSPS) is 12.0. The zero-order chi connectivity index (χ0) is 11.8. The second-order valence-electron chi connectivity index (χ2n) is 4.73. The largest absolute Gasteiger partial charge is 0.497 e. The van der Waals surface area contributed by atoms with Crippen LogP contribution in [0.4, 0.5) is 0 Å². The Bertz CT molecular complexity index is 496. The molecule has 0 saturated heterocycles. The molecule has 0 saturated carbocycles. The van der Waals surface area contributed by atoms with E-state index in [-0.39, 0.29) is 5.54 Å². The number of imidazole rings is 1. The number of hydrogen-bond acceptors (Lipinski definition) is 3. The van der Waals surface area contributed by atoms with Gasteiger partial charge in [0.05, 0.1) is 18.1 Å². The lowest BCUT2D eigenvalue weighted by Crippen LogP contribution is -2.34. The maximum Gasteiger partial charge on any atom is 0.121 e. The molecule has 1 heterocycles. The third-order valence-corrected chi connectivity index (χ3v) is 2.36. The summed E-state index contributed by atoms with van der Waals surface area (Å²) in [5.74, 6) is 1.74. The van der Waals surface area contributed by atoms with Crippen LogP contribution in [0.5, 0.6) is 5.75 Å². The quantitative estimate of drug-likeness (QED) is 0.828. The number of methoxy groups -OCH3 is 1. The van der Waals surface area contributed by atoms with Crippen molar-refractivity contribution in [1.82, 2.24) is 9.97 Å². The molecular weight excluding hydrogens is 202 g/mol. The van der Waals surface area contributed by atoms with Gasteiger partial charge in [-0.15, -0.1) is 0 Å². The van der Waals surface area contributed by atoms with E-state index in [1.807, 2.05) is 32.0 Å². The monoisotopic (exact) mass is 219 g/mol. The standard InChI is InChI=1S/C12H17N3O/c1-12(2,13)7-11-14-9-5-4-8(16-3)6-10(9)15-11/h4-6H,7,13H2,1-3H3,(H,14,15). The third kappa shape index (κ3) is 2.33. The number of nitrogens with two attached hydrogens (primary N) is 1. The Labute approximate surface area is 94.8 Å². The molecule has 0 fully saturated rings. The second-order valence-corrected chi connectivity index (χ2v) is 4.73. The summed E-state index contributed by atoms with van der Waals surface area (Å²) in [4.78, 5) is 7.74. The van der Waals surface area contributed by atoms with Crippen LogP contribution in [0.3, 0.4) is 0 Å². The van der Waals surface area contributed by atoms with Crippen LogP contribution in [0.15, 0.2) is 18.2 Å². The number of nitrogens with one attached hydrogen (secondary N) is 1. The molecule has 0 aliphatic heterocycles. The predicted octanol–water partition coefficient (Wildman–Crippen LogP) is 1.85. The minimum absolute atomic E-state index is 0.252. The van der Waals surface area contributed by atoms with Crippen molar-refractivity contribution in [3.05, 3.63) is 24.0 Å². The van der Waals surface area contributed by atoms with Crippen LogP contribution in [-0.2, 0) is 6.42 Å². The highest BCUT2D eigenvalue weighted by Gasteiger charge is 2.14. The summed E-state index contributed by atoms with van der Waals surface area (Å²) in [5, 5.41) is 0. The van der Waals surface area contributed by atoms with Crippen molar-refractivity contribution in [2.75, 3.05) is 7.11 Å². The molecule has 0 atom stereocenters. The van der Waals surface area contributed by atoms with Crippen molar-refractivity contribution in [2.45, 2.75) is 25.8 Å². The van der Waals surface area contributed by atoms with E-state index < -0.39 is 0 Å². The van der Waals surface area contributed by atoms with Crippen LogP contribution in [0, 0.1) is 0 Å². The number of aromatic amines is 1. The Hall–Kier alpha value is -1.55. The summed E-state index contributed by atoms with van der Waals surface area (Å²) >= 11 is 0. The van der Waals surface area contributed by atoms with Crippen LogP contribution in [0.2, 0.25) is 0 Å². The van der Waals surface area contributed by atoms with Crippen molar-refractivity contribution >= 4 is 11.0 Å². The van der Waals surface area contributed by atoms with E-state index in [0.29, 0.717) is 0 Å². The SMILES string of the molecule is COc1ccc2nc(CC(C)(C)N)[nH]c2c1. The molecule has 1 aromatic heterocycles. The Kier molecular flexibility index (Phi) is 2.59. The first-order valence-corrected chi connectivity index (χ1v) is 5.29. The van der Waals surface area contributed by atoms with Gasteiger partial charge in [0.25, 0.3) is 0 Å². The highest BCUT2D eigenvalue weighted by atomic mass is 16.5. The smallest absolute Gasteiger partial charge is 0.121 e. The number of aromatic nitrogens is 2. The zero-order valence-electron chi connectivity index (χ0n) is 9.87. The van der Waals surface area contributed by atoms with Crippen LogP contribution in [0.1, 0.15) is 19.7 Å². The van der Waals surface area contributed by atoms with Gasteiger partial charge in [-0.05, 0) is 26.0 Å². The number of benzene rings is 1. The van der Waals surface area contributed by atoms with Crippen LogP contribution in [-0.4, -0.2) is 22.6 Å². The van der Waals surface area contributed by atoms with E-state index >= 15 is 0 Å². The number of fused-ring (bicyclic) bond motifs is 1. The highest BCUT2D eigenvalue weighted by Crippen LogP contribution is 2.19. The molecule has 4 heteroatoms. The molecule has 0 radical (unpaired) electrons. The van der Waals surface area contributed by atoms with Gasteiger partial charge in [0.1, 0.15) is 11.6 Å². The molecule has 2 rings (SSSR count). The van der Waals surface area contributed by atoms with Gasteiger partial charge in [-0.1, -0.05) is 0 Å². The summed E-state index contributed by atoms with van der Waals surface area (Å²) in [5.41, 5.74) is 7.64. The maximum absolute atomic E-state index is 5.96. The van der Waals surface area contributed by atoms with Gasteiger partial charge in [-0.3, -0.25) is 0 Å². The molecule has 0 aliphatic rings. The lowest BCUT2D eigenvalue weighted by atomic mass is 10.0. The van der Waals surface area contributed by atoms with Gasteiger partial charge in [0.2, 0.25) is 0 Å². The molecule has 0 bridgehead atoms. The summed E-state index contributed by atoms with van der Waals surface area (Å²) < 4.78 is 5.16. The molecule has 2 aromatic rings. The van der Waals surface area contributed by atoms with E-state index in [9.17, 15) is 0 Å². The first-order chi connectivity index (χ1) is 7.48. The van der Waals surface area contributed by atoms with E-state index in [1.54, 1.807) is 7.11 Å². The van der Waals surface area contributed by atoms with Crippen molar-refractivity contribution in [3.8, 4) is 5.75 Å². The first-order valence-electron chi connectivity index (χ1n) is 5.29. The lowest BCUT2D eigenvalue weighted by molar-refractivity contribution is 0.415. The second kappa shape index (κ2) is 3.79. The average Bonchev–Trinajstić information content (AvgIpc) is 2.55. The van der Waals surface area contributed by atoms with Crippen molar-refractivity contribution in [2.24, 2.45) is 5.73 Å². The Morgan fingerprint density at radius 1 is 1.44 bits per heavy atom. The fraction of sp³-hybridized carbons (Fsp3) is 0.417. The number of rotatable bonds is 3. The first kappa shape index (κ1) is 11.0. The maximum atomic E-state index is 5.96. The van der Waals surface area contributed by atoms with E-state index in [2.05, 4.69) is 9.97 Å².